The van der Waals surface area contributed by atoms with E-state index in [1.165, 1.54) is 37.6 Å². The maximum Gasteiger partial charge on any atom is 0.194 e. The highest BCUT2D eigenvalue weighted by atomic mass is 127. The van der Waals surface area contributed by atoms with Crippen molar-refractivity contribution in [2.24, 2.45) is 4.99 Å². The Hall–Kier alpha value is -0.130. The van der Waals surface area contributed by atoms with Crippen LogP contribution in [-0.4, -0.2) is 104 Å². The molecule has 0 spiro atoms. The first-order chi connectivity index (χ1) is 13.2. The Morgan fingerprint density at radius 1 is 1.14 bits per heavy atom. The van der Waals surface area contributed by atoms with Gasteiger partial charge < -0.3 is 10.2 Å². The van der Waals surface area contributed by atoms with Crippen molar-refractivity contribution in [3.05, 3.63) is 21.3 Å². The molecule has 5 heterocycles. The molecule has 158 valence electrons. The minimum atomic E-state index is 0. The van der Waals surface area contributed by atoms with Crippen molar-refractivity contribution >= 4 is 52.9 Å². The largest absolute Gasteiger partial charge is 0.357 e. The van der Waals surface area contributed by atoms with Crippen molar-refractivity contribution in [3.63, 3.8) is 0 Å². The molecule has 1 unspecified atom stereocenters. The molecule has 4 fully saturated rings. The molecule has 6 nitrogen and oxygen atoms in total. The van der Waals surface area contributed by atoms with Gasteiger partial charge in [-0.05, 0) is 19.1 Å². The summed E-state index contributed by atoms with van der Waals surface area (Å²) in [6.45, 7) is 15.3. The van der Waals surface area contributed by atoms with E-state index in [9.17, 15) is 0 Å². The summed E-state index contributed by atoms with van der Waals surface area (Å²) in [6.07, 6.45) is 0. The van der Waals surface area contributed by atoms with Crippen molar-refractivity contribution in [2.75, 3.05) is 72.0 Å². The summed E-state index contributed by atoms with van der Waals surface area (Å²) in [6, 6.07) is 4.73. The molecule has 1 N–H and O–H groups in total. The molecule has 4 aliphatic heterocycles. The predicted octanol–water partition coefficient (Wildman–Crippen LogP) is 2.10. The minimum Gasteiger partial charge on any atom is -0.357 e. The number of nitrogens with zero attached hydrogens (tertiary/aromatic N) is 5. The third kappa shape index (κ3) is 5.72. The molecule has 0 amide bonds. The van der Waals surface area contributed by atoms with Crippen LogP contribution >= 0.6 is 46.9 Å². The molecule has 4 aliphatic rings. The SMILES string of the molecule is CCNC(=NCC1CN2CCN1CC2)N1CCN(Cc2ccc(Cl)s2)CC1.I. The number of hydrogen-bond acceptors (Lipinski definition) is 5. The first-order valence-corrected chi connectivity index (χ1v) is 11.4. The zero-order chi connectivity index (χ0) is 18.6. The van der Waals surface area contributed by atoms with E-state index in [0.717, 1.165) is 56.1 Å². The zero-order valence-electron chi connectivity index (χ0n) is 16.6. The van der Waals surface area contributed by atoms with Crippen LogP contribution in [0.1, 0.15) is 11.8 Å². The lowest BCUT2D eigenvalue weighted by Crippen LogP contribution is -2.62. The second-order valence-electron chi connectivity index (χ2n) is 7.65. The van der Waals surface area contributed by atoms with Crippen molar-refractivity contribution in [1.82, 2.24) is 24.9 Å². The van der Waals surface area contributed by atoms with Crippen LogP contribution in [0.3, 0.4) is 0 Å². The zero-order valence-corrected chi connectivity index (χ0v) is 20.6. The van der Waals surface area contributed by atoms with Gasteiger partial charge in [0.2, 0.25) is 0 Å². The quantitative estimate of drug-likeness (QED) is 0.353. The standard InChI is InChI=1S/C19H31ClN6S.HI/c1-2-21-19(22-13-16-14-23-5-9-25(16)10-6-23)26-11-7-24(8-12-26)15-17-3-4-18(20)27-17;/h3-4,16H,2,5-15H2,1H3,(H,21,22);1H. The molecule has 1 aromatic rings. The van der Waals surface area contributed by atoms with Crippen LogP contribution in [0.15, 0.2) is 17.1 Å². The van der Waals surface area contributed by atoms with Gasteiger partial charge in [-0.25, -0.2) is 0 Å². The lowest BCUT2D eigenvalue weighted by Gasteiger charge is -2.47. The number of nitrogens with one attached hydrogen (secondary N) is 1. The Morgan fingerprint density at radius 2 is 1.89 bits per heavy atom. The number of guanidine groups is 1. The third-order valence-corrected chi connectivity index (χ3v) is 7.07. The summed E-state index contributed by atoms with van der Waals surface area (Å²) in [4.78, 5) is 16.5. The summed E-state index contributed by atoms with van der Waals surface area (Å²) in [5.74, 6) is 1.09. The second-order valence-corrected chi connectivity index (χ2v) is 9.45. The average Bonchev–Trinajstić information content (AvgIpc) is 3.11. The fraction of sp³-hybridized carbons (Fsp3) is 0.737. The number of halogens is 2. The maximum absolute atomic E-state index is 6.06. The third-order valence-electron chi connectivity index (χ3n) is 5.86. The van der Waals surface area contributed by atoms with Crippen molar-refractivity contribution in [1.29, 1.82) is 0 Å². The van der Waals surface area contributed by atoms with Gasteiger partial charge in [-0.15, -0.1) is 35.3 Å². The van der Waals surface area contributed by atoms with Crippen LogP contribution < -0.4 is 5.32 Å². The van der Waals surface area contributed by atoms with Crippen molar-refractivity contribution < 1.29 is 0 Å². The summed E-state index contributed by atoms with van der Waals surface area (Å²) in [5, 5.41) is 3.51. The molecular formula is C19H32ClIN6S. The van der Waals surface area contributed by atoms with Crippen LogP contribution in [0, 0.1) is 0 Å². The number of fused-ring (bicyclic) bond motifs is 3. The Kier molecular flexibility index (Phi) is 8.67. The lowest BCUT2D eigenvalue weighted by molar-refractivity contribution is 0.0173. The Labute approximate surface area is 194 Å². The topological polar surface area (TPSA) is 37.4 Å². The molecule has 1 aromatic heterocycles. The maximum atomic E-state index is 6.06. The summed E-state index contributed by atoms with van der Waals surface area (Å²) in [5.41, 5.74) is 0. The van der Waals surface area contributed by atoms with Crippen LogP contribution in [0.25, 0.3) is 0 Å². The number of aliphatic imine (C=N–C) groups is 1. The highest BCUT2D eigenvalue weighted by molar-refractivity contribution is 14.0. The van der Waals surface area contributed by atoms with Gasteiger partial charge in [0.05, 0.1) is 10.9 Å². The van der Waals surface area contributed by atoms with Gasteiger partial charge in [0.15, 0.2) is 5.96 Å². The minimum absolute atomic E-state index is 0. The van der Waals surface area contributed by atoms with E-state index in [4.69, 9.17) is 16.6 Å². The molecule has 0 aliphatic carbocycles. The Bertz CT molecular complexity index is 640. The smallest absolute Gasteiger partial charge is 0.194 e. The van der Waals surface area contributed by atoms with Crippen LogP contribution in [0.2, 0.25) is 4.34 Å². The van der Waals surface area contributed by atoms with E-state index in [0.29, 0.717) is 6.04 Å². The molecule has 0 saturated carbocycles. The van der Waals surface area contributed by atoms with Gasteiger partial charge in [0.25, 0.3) is 0 Å². The van der Waals surface area contributed by atoms with Gasteiger partial charge in [0.1, 0.15) is 0 Å². The summed E-state index contributed by atoms with van der Waals surface area (Å²) < 4.78 is 0.883. The van der Waals surface area contributed by atoms with Crippen LogP contribution in [-0.2, 0) is 6.54 Å². The molecule has 9 heteroatoms. The molecule has 5 rings (SSSR count). The Balaban J connectivity index is 0.00000225. The van der Waals surface area contributed by atoms with Gasteiger partial charge >= 0.3 is 0 Å². The normalized spacial score (nSPS) is 28.3. The van der Waals surface area contributed by atoms with Crippen LogP contribution in [0.5, 0.6) is 0 Å². The summed E-state index contributed by atoms with van der Waals surface area (Å²) in [7, 11) is 0. The van der Waals surface area contributed by atoms with Crippen molar-refractivity contribution in [3.8, 4) is 0 Å². The summed E-state index contributed by atoms with van der Waals surface area (Å²) >= 11 is 7.75. The van der Waals surface area contributed by atoms with Gasteiger partial charge in [0, 0.05) is 82.9 Å². The number of thiophene rings is 1. The van der Waals surface area contributed by atoms with E-state index in [2.05, 4.69) is 37.9 Å². The molecule has 2 bridgehead atoms. The Morgan fingerprint density at radius 3 is 2.46 bits per heavy atom. The van der Waals surface area contributed by atoms with E-state index in [-0.39, 0.29) is 24.0 Å². The van der Waals surface area contributed by atoms with Gasteiger partial charge in [-0.2, -0.15) is 0 Å². The monoisotopic (exact) mass is 538 g/mol. The molecule has 0 radical (unpaired) electrons. The number of rotatable bonds is 5. The molecule has 1 atom stereocenters. The average molecular weight is 539 g/mol. The molecule has 0 aromatic carbocycles. The van der Waals surface area contributed by atoms with E-state index in [1.807, 2.05) is 6.07 Å². The fourth-order valence-corrected chi connectivity index (χ4v) is 5.42. The van der Waals surface area contributed by atoms with E-state index >= 15 is 0 Å². The second kappa shape index (κ2) is 10.8. The van der Waals surface area contributed by atoms with E-state index < -0.39 is 0 Å². The fourth-order valence-electron chi connectivity index (χ4n) is 4.29. The first-order valence-electron chi connectivity index (χ1n) is 10.2. The predicted molar refractivity (Wildman–Crippen MR) is 129 cm³/mol. The number of hydrogen-bond donors (Lipinski definition) is 1. The van der Waals surface area contributed by atoms with Crippen molar-refractivity contribution in [2.45, 2.75) is 19.5 Å². The van der Waals surface area contributed by atoms with Gasteiger partial charge in [-0.3, -0.25) is 19.7 Å². The molecule has 4 saturated heterocycles. The van der Waals surface area contributed by atoms with Gasteiger partial charge in [-0.1, -0.05) is 11.6 Å². The number of piperazine rings is 4. The highest BCUT2D eigenvalue weighted by Crippen LogP contribution is 2.23. The lowest BCUT2D eigenvalue weighted by atomic mass is 10.1. The van der Waals surface area contributed by atoms with Crippen LogP contribution in [0.4, 0.5) is 0 Å². The molecule has 28 heavy (non-hydrogen) atoms. The molecular weight excluding hydrogens is 507 g/mol. The first kappa shape index (κ1) is 22.6. The highest BCUT2D eigenvalue weighted by Gasteiger charge is 2.31. The van der Waals surface area contributed by atoms with E-state index in [1.54, 1.807) is 11.3 Å².